The monoisotopic (exact) mass is 640 g/mol. The summed E-state index contributed by atoms with van der Waals surface area (Å²) in [5.41, 5.74) is 1.11. The molecule has 0 aromatic rings. The summed E-state index contributed by atoms with van der Waals surface area (Å²) in [5.74, 6) is 0.471. The van der Waals surface area contributed by atoms with Gasteiger partial charge in [0.15, 0.2) is 12.6 Å². The molecule has 250 valence electrons. The molecule has 4 fully saturated rings. The van der Waals surface area contributed by atoms with Gasteiger partial charge in [-0.1, -0.05) is 36.6 Å². The molecule has 44 heavy (non-hydrogen) atoms. The zero-order valence-electron chi connectivity index (χ0n) is 26.4. The lowest BCUT2D eigenvalue weighted by Crippen LogP contribution is -2.32. The van der Waals surface area contributed by atoms with E-state index in [4.69, 9.17) is 32.6 Å². The number of methoxy groups -OCH3 is 1. The summed E-state index contributed by atoms with van der Waals surface area (Å²) in [5, 5.41) is 0. The van der Waals surface area contributed by atoms with Gasteiger partial charge in [0.1, 0.15) is 6.61 Å². The van der Waals surface area contributed by atoms with Crippen molar-refractivity contribution in [2.75, 3.05) is 46.4 Å². The van der Waals surface area contributed by atoms with Crippen molar-refractivity contribution in [1.82, 2.24) is 0 Å². The van der Waals surface area contributed by atoms with Crippen LogP contribution in [0, 0.1) is 29.6 Å². The Morgan fingerprint density at radius 3 is 2.36 bits per heavy atom. The highest BCUT2D eigenvalue weighted by atomic mass is 32.2. The Labute approximate surface area is 263 Å². The first-order valence-electron chi connectivity index (χ1n) is 16.7. The Hall–Kier alpha value is -1.34. The molecular formula is C33H52O10S. The number of carbonyl (C=O) groups excluding carboxylic acids is 1. The first-order chi connectivity index (χ1) is 21.3. The molecule has 8 atom stereocenters. The number of esters is 1. The van der Waals surface area contributed by atoms with Gasteiger partial charge in [0.05, 0.1) is 38.8 Å². The number of hydrogen-bond acceptors (Lipinski definition) is 10. The van der Waals surface area contributed by atoms with Crippen molar-refractivity contribution in [3.05, 3.63) is 23.8 Å². The lowest BCUT2D eigenvalue weighted by atomic mass is 9.86. The van der Waals surface area contributed by atoms with E-state index in [-0.39, 0.29) is 62.4 Å². The van der Waals surface area contributed by atoms with Crippen molar-refractivity contribution in [2.24, 2.45) is 29.6 Å². The van der Waals surface area contributed by atoms with E-state index in [2.05, 4.69) is 18.2 Å². The quantitative estimate of drug-likeness (QED) is 0.139. The molecule has 0 aromatic carbocycles. The van der Waals surface area contributed by atoms with E-state index < -0.39 is 16.1 Å². The van der Waals surface area contributed by atoms with Crippen LogP contribution in [0.15, 0.2) is 23.8 Å². The Bertz CT molecular complexity index is 1070. The molecule has 5 rings (SSSR count). The maximum atomic E-state index is 11.8. The van der Waals surface area contributed by atoms with Crippen molar-refractivity contribution in [2.45, 2.75) is 102 Å². The van der Waals surface area contributed by atoms with Crippen molar-refractivity contribution in [3.8, 4) is 0 Å². The fourth-order valence-electron chi connectivity index (χ4n) is 7.63. The first kappa shape index (κ1) is 34.0. The number of fused-ring (bicyclic) bond motifs is 1. The maximum Gasteiger partial charge on any atom is 0.331 e. The van der Waals surface area contributed by atoms with Gasteiger partial charge in [-0.05, 0) is 82.0 Å². The molecule has 0 N–H and O–H groups in total. The third-order valence-corrected chi connectivity index (χ3v) is 10.5. The Morgan fingerprint density at radius 1 is 1.00 bits per heavy atom. The molecule has 2 saturated carbocycles. The van der Waals surface area contributed by atoms with E-state index in [1.54, 1.807) is 0 Å². The summed E-state index contributed by atoms with van der Waals surface area (Å²) < 4.78 is 64.5. The third-order valence-electron chi connectivity index (χ3n) is 9.95. The Balaban J connectivity index is 1.32. The molecular weight excluding hydrogens is 588 g/mol. The molecule has 0 radical (unpaired) electrons. The second-order valence-electron chi connectivity index (χ2n) is 13.2. The van der Waals surface area contributed by atoms with Crippen LogP contribution in [0.5, 0.6) is 0 Å². The van der Waals surface area contributed by atoms with Crippen molar-refractivity contribution < 1.29 is 45.8 Å². The minimum absolute atomic E-state index is 0.0164. The van der Waals surface area contributed by atoms with Gasteiger partial charge in [-0.2, -0.15) is 8.42 Å². The van der Waals surface area contributed by atoms with Gasteiger partial charge in [-0.3, -0.25) is 4.18 Å². The van der Waals surface area contributed by atoms with E-state index in [1.165, 1.54) is 32.8 Å². The normalized spacial score (nSPS) is 32.9. The van der Waals surface area contributed by atoms with Gasteiger partial charge in [0.2, 0.25) is 0 Å². The zero-order chi connectivity index (χ0) is 30.9. The summed E-state index contributed by atoms with van der Waals surface area (Å²) in [6.07, 6.45) is 20.4. The van der Waals surface area contributed by atoms with E-state index in [0.717, 1.165) is 76.4 Å². The van der Waals surface area contributed by atoms with Crippen LogP contribution in [0.25, 0.3) is 0 Å². The van der Waals surface area contributed by atoms with Crippen LogP contribution in [0.1, 0.15) is 77.0 Å². The Kier molecular flexibility index (Phi) is 12.7. The van der Waals surface area contributed by atoms with Crippen molar-refractivity contribution in [3.63, 3.8) is 0 Å². The van der Waals surface area contributed by atoms with Crippen LogP contribution in [-0.4, -0.2) is 85.6 Å². The van der Waals surface area contributed by atoms with Gasteiger partial charge >= 0.3 is 5.97 Å². The molecule has 3 unspecified atom stereocenters. The first-order valence-corrected chi connectivity index (χ1v) is 18.5. The predicted octanol–water partition coefficient (Wildman–Crippen LogP) is 4.92. The van der Waals surface area contributed by atoms with Crippen LogP contribution in [0.3, 0.4) is 0 Å². The zero-order valence-corrected chi connectivity index (χ0v) is 27.3. The highest BCUT2D eigenvalue weighted by Gasteiger charge is 2.47. The topological polar surface area (TPSA) is 116 Å². The number of carbonyl (C=O) groups is 1. The molecule has 10 nitrogen and oxygen atoms in total. The standard InChI is InChI=1S/C33H52O10S/c1-37-31(34)22-38-20-26(21-41-44(2,35)36)24-17-25-19-30(43-33-12-6-8-16-40-33)27(28(25)18-24)13-14-29(23-9-3-4-10-23)42-32-11-5-7-15-39-32/h13-14,17,23,25-30,32-33H,3-12,15-16,18-22H2,1-2H3/b14-13+/t25-,26?,27+,28-,29+,30+,32?,33?/m0/s1. The average molecular weight is 641 g/mol. The van der Waals surface area contributed by atoms with Crippen LogP contribution < -0.4 is 0 Å². The van der Waals surface area contributed by atoms with E-state index >= 15 is 0 Å². The Morgan fingerprint density at radius 2 is 1.70 bits per heavy atom. The predicted molar refractivity (Wildman–Crippen MR) is 163 cm³/mol. The van der Waals surface area contributed by atoms with E-state index in [1.807, 2.05) is 0 Å². The van der Waals surface area contributed by atoms with E-state index in [9.17, 15) is 13.2 Å². The minimum Gasteiger partial charge on any atom is -0.467 e. The van der Waals surface area contributed by atoms with Gasteiger partial charge in [0.25, 0.3) is 10.1 Å². The molecule has 0 spiro atoms. The second kappa shape index (κ2) is 16.5. The number of ether oxygens (including phenoxy) is 6. The lowest BCUT2D eigenvalue weighted by Gasteiger charge is -2.31. The SMILES string of the molecule is COC(=O)COCC(COS(C)(=O)=O)C1=C[C@H]2C[C@@H](OC3CCCCO3)[C@H](/C=C/[C@@H](OC3CCCCO3)C3CCCC3)[C@H]2C1. The highest BCUT2D eigenvalue weighted by Crippen LogP contribution is 2.50. The van der Waals surface area contributed by atoms with Gasteiger partial charge in [-0.25, -0.2) is 4.79 Å². The summed E-state index contributed by atoms with van der Waals surface area (Å²) >= 11 is 0. The highest BCUT2D eigenvalue weighted by molar-refractivity contribution is 7.85. The van der Waals surface area contributed by atoms with Gasteiger partial charge in [-0.15, -0.1) is 0 Å². The third kappa shape index (κ3) is 9.83. The van der Waals surface area contributed by atoms with E-state index in [0.29, 0.717) is 11.8 Å². The lowest BCUT2D eigenvalue weighted by molar-refractivity contribution is -0.193. The molecule has 2 aliphatic heterocycles. The maximum absolute atomic E-state index is 11.8. The minimum atomic E-state index is -3.63. The molecule has 5 aliphatic rings. The molecule has 0 amide bonds. The van der Waals surface area contributed by atoms with Crippen LogP contribution in [0.4, 0.5) is 0 Å². The van der Waals surface area contributed by atoms with Crippen LogP contribution in [0.2, 0.25) is 0 Å². The second-order valence-corrected chi connectivity index (χ2v) is 14.8. The number of allylic oxidation sites excluding steroid dienone is 1. The summed E-state index contributed by atoms with van der Waals surface area (Å²) in [6.45, 7) is 1.45. The average Bonchev–Trinajstić information content (AvgIpc) is 3.75. The van der Waals surface area contributed by atoms with Crippen molar-refractivity contribution in [1.29, 1.82) is 0 Å². The molecule has 0 bridgehead atoms. The van der Waals surface area contributed by atoms with Gasteiger partial charge < -0.3 is 28.4 Å². The van der Waals surface area contributed by atoms with Gasteiger partial charge in [0, 0.05) is 25.0 Å². The van der Waals surface area contributed by atoms with Crippen molar-refractivity contribution >= 4 is 16.1 Å². The molecule has 2 saturated heterocycles. The largest absolute Gasteiger partial charge is 0.467 e. The molecule has 3 aliphatic carbocycles. The number of rotatable bonds is 15. The van der Waals surface area contributed by atoms with Crippen LogP contribution >= 0.6 is 0 Å². The smallest absolute Gasteiger partial charge is 0.331 e. The summed E-state index contributed by atoms with van der Waals surface area (Å²) in [6, 6.07) is 0. The fraction of sp³-hybridized carbons (Fsp3) is 0.848. The summed E-state index contributed by atoms with van der Waals surface area (Å²) in [4.78, 5) is 11.6. The van der Waals surface area contributed by atoms with Crippen LogP contribution in [-0.2, 0) is 47.5 Å². The summed E-state index contributed by atoms with van der Waals surface area (Å²) in [7, 11) is -2.32. The molecule has 11 heteroatoms. The number of hydrogen-bond donors (Lipinski definition) is 0. The fourth-order valence-corrected chi connectivity index (χ4v) is 8.04. The molecule has 0 aromatic heterocycles. The molecule has 2 heterocycles.